The fourth-order valence-electron chi connectivity index (χ4n) is 1.35. The van der Waals surface area contributed by atoms with E-state index in [1.54, 1.807) is 0 Å². The van der Waals surface area contributed by atoms with E-state index in [4.69, 9.17) is 9.47 Å². The largest absolute Gasteiger partial charge is 0.339 e. The highest BCUT2D eigenvalue weighted by atomic mass is 32.2. The maximum Gasteiger partial charge on any atom is 0.227 e. The fourth-order valence-corrected chi connectivity index (χ4v) is 3.67. The van der Waals surface area contributed by atoms with Crippen molar-refractivity contribution in [3.05, 3.63) is 0 Å². The van der Waals surface area contributed by atoms with Gasteiger partial charge in [-0.05, 0) is 0 Å². The third-order valence-electron chi connectivity index (χ3n) is 2.00. The maximum absolute atomic E-state index is 5.73. The molecule has 0 amide bonds. The van der Waals surface area contributed by atoms with Crippen molar-refractivity contribution in [2.45, 2.75) is 29.5 Å². The van der Waals surface area contributed by atoms with Crippen molar-refractivity contribution in [1.82, 2.24) is 0 Å². The Balaban J connectivity index is 1.95. The summed E-state index contributed by atoms with van der Waals surface area (Å²) in [6.45, 7) is 6.04. The number of ether oxygens (including phenoxy) is 2. The first-order chi connectivity index (χ1) is 5.70. The van der Waals surface area contributed by atoms with E-state index in [1.165, 1.54) is 0 Å². The first-order valence-corrected chi connectivity index (χ1v) is 6.20. The predicted octanol–water partition coefficient (Wildman–Crippen LogP) is 1.94. The van der Waals surface area contributed by atoms with Crippen LogP contribution in [0.4, 0.5) is 0 Å². The van der Waals surface area contributed by atoms with Gasteiger partial charge in [-0.3, -0.25) is 0 Å². The average molecular weight is 206 g/mol. The van der Waals surface area contributed by atoms with Crippen LogP contribution in [0.5, 0.6) is 0 Å². The highest BCUT2D eigenvalue weighted by molar-refractivity contribution is 8.04. The van der Waals surface area contributed by atoms with Gasteiger partial charge in [0.15, 0.2) is 0 Å². The van der Waals surface area contributed by atoms with Gasteiger partial charge in [-0.25, -0.2) is 0 Å². The van der Waals surface area contributed by atoms with Gasteiger partial charge in [0, 0.05) is 10.5 Å². The Morgan fingerprint density at radius 2 is 1.83 bits per heavy atom. The van der Waals surface area contributed by atoms with Gasteiger partial charge in [0.05, 0.1) is 19.0 Å². The monoisotopic (exact) mass is 206 g/mol. The Morgan fingerprint density at radius 1 is 1.17 bits per heavy atom. The number of rotatable bonds is 0. The van der Waals surface area contributed by atoms with Crippen LogP contribution in [0.3, 0.4) is 0 Å². The Labute approximate surface area is 81.8 Å². The molecule has 2 saturated heterocycles. The summed E-state index contributed by atoms with van der Waals surface area (Å²) in [6.07, 6.45) is 0. The minimum atomic E-state index is -0.295. The molecule has 0 radical (unpaired) electrons. The molecule has 12 heavy (non-hydrogen) atoms. The van der Waals surface area contributed by atoms with Gasteiger partial charge in [0.2, 0.25) is 5.12 Å². The molecule has 3 unspecified atom stereocenters. The summed E-state index contributed by atoms with van der Waals surface area (Å²) in [5.41, 5.74) is 0. The number of thioether (sulfide) groups is 2. The molecule has 0 aliphatic carbocycles. The molecule has 0 bridgehead atoms. The Hall–Kier alpha value is 0.620. The predicted molar refractivity (Wildman–Crippen MR) is 53.6 cm³/mol. The maximum atomic E-state index is 5.73. The molecule has 0 N–H and O–H groups in total. The molecule has 2 aliphatic heterocycles. The first-order valence-electron chi connectivity index (χ1n) is 4.27. The van der Waals surface area contributed by atoms with Gasteiger partial charge in [0.1, 0.15) is 0 Å². The van der Waals surface area contributed by atoms with E-state index in [0.29, 0.717) is 10.5 Å². The molecule has 2 heterocycles. The van der Waals surface area contributed by atoms with Crippen LogP contribution < -0.4 is 0 Å². The van der Waals surface area contributed by atoms with Gasteiger partial charge >= 0.3 is 0 Å². The summed E-state index contributed by atoms with van der Waals surface area (Å²) < 4.78 is 11.4. The van der Waals surface area contributed by atoms with Gasteiger partial charge < -0.3 is 9.47 Å². The molecule has 1 spiro atoms. The molecule has 0 aromatic heterocycles. The normalized spacial score (nSPS) is 48.5. The van der Waals surface area contributed by atoms with Crippen molar-refractivity contribution < 1.29 is 9.47 Å². The van der Waals surface area contributed by atoms with Crippen LogP contribution in [0.1, 0.15) is 13.8 Å². The summed E-state index contributed by atoms with van der Waals surface area (Å²) in [7, 11) is 0. The van der Waals surface area contributed by atoms with Crippen LogP contribution in [-0.2, 0) is 9.47 Å². The van der Waals surface area contributed by atoms with Crippen molar-refractivity contribution in [2.75, 3.05) is 19.0 Å². The molecule has 0 saturated carbocycles. The van der Waals surface area contributed by atoms with Crippen LogP contribution in [0.15, 0.2) is 0 Å². The van der Waals surface area contributed by atoms with Crippen LogP contribution in [0, 0.1) is 0 Å². The van der Waals surface area contributed by atoms with E-state index in [0.717, 1.165) is 19.0 Å². The van der Waals surface area contributed by atoms with Crippen LogP contribution in [0.2, 0.25) is 0 Å². The SMILES string of the molecule is CC1COC2(CS1)OCC(C)S2. The zero-order valence-electron chi connectivity index (χ0n) is 7.41. The highest BCUT2D eigenvalue weighted by Crippen LogP contribution is 2.44. The van der Waals surface area contributed by atoms with Gasteiger partial charge in [-0.15, -0.1) is 11.8 Å². The third-order valence-corrected chi connectivity index (χ3v) is 4.71. The van der Waals surface area contributed by atoms with E-state index >= 15 is 0 Å². The second-order valence-corrected chi connectivity index (χ2v) is 6.44. The molecule has 2 rings (SSSR count). The topological polar surface area (TPSA) is 18.5 Å². The third kappa shape index (κ3) is 1.76. The molecule has 3 atom stereocenters. The molecular weight excluding hydrogens is 192 g/mol. The van der Waals surface area contributed by atoms with E-state index in [1.807, 2.05) is 23.5 Å². The molecular formula is C8H14O2S2. The lowest BCUT2D eigenvalue weighted by Crippen LogP contribution is -2.38. The standard InChI is InChI=1S/C8H14O2S2/c1-6-3-9-8(5-11-6)10-4-7(2)12-8/h6-7H,3-5H2,1-2H3. The van der Waals surface area contributed by atoms with E-state index in [2.05, 4.69) is 13.8 Å². The minimum absolute atomic E-state index is 0.295. The zero-order valence-corrected chi connectivity index (χ0v) is 9.04. The lowest BCUT2D eigenvalue weighted by atomic mass is 10.5. The minimum Gasteiger partial charge on any atom is -0.339 e. The summed E-state index contributed by atoms with van der Waals surface area (Å²) in [4.78, 5) is 0. The Bertz CT molecular complexity index is 166. The molecule has 2 fully saturated rings. The number of hydrogen-bond donors (Lipinski definition) is 0. The van der Waals surface area contributed by atoms with Crippen LogP contribution >= 0.6 is 23.5 Å². The highest BCUT2D eigenvalue weighted by Gasteiger charge is 2.43. The Morgan fingerprint density at radius 3 is 2.33 bits per heavy atom. The van der Waals surface area contributed by atoms with Gasteiger partial charge in [-0.2, -0.15) is 0 Å². The summed E-state index contributed by atoms with van der Waals surface area (Å²) in [5, 5.41) is 0.908. The summed E-state index contributed by atoms with van der Waals surface area (Å²) in [6, 6.07) is 0. The van der Waals surface area contributed by atoms with E-state index < -0.39 is 0 Å². The van der Waals surface area contributed by atoms with Gasteiger partial charge in [0.25, 0.3) is 0 Å². The molecule has 0 aromatic carbocycles. The van der Waals surface area contributed by atoms with Crippen LogP contribution in [-0.4, -0.2) is 34.6 Å². The molecule has 4 heteroatoms. The van der Waals surface area contributed by atoms with E-state index in [-0.39, 0.29) is 5.12 Å². The smallest absolute Gasteiger partial charge is 0.227 e. The second-order valence-electron chi connectivity index (χ2n) is 3.36. The average Bonchev–Trinajstić information content (AvgIpc) is 2.40. The lowest BCUT2D eigenvalue weighted by Gasteiger charge is -2.33. The quantitative estimate of drug-likeness (QED) is 0.603. The van der Waals surface area contributed by atoms with Crippen LogP contribution in [0.25, 0.3) is 0 Å². The second kappa shape index (κ2) is 3.40. The van der Waals surface area contributed by atoms with Crippen molar-refractivity contribution >= 4 is 23.5 Å². The molecule has 70 valence electrons. The number of hydrogen-bond acceptors (Lipinski definition) is 4. The lowest BCUT2D eigenvalue weighted by molar-refractivity contribution is -0.146. The fraction of sp³-hybridized carbons (Fsp3) is 1.00. The van der Waals surface area contributed by atoms with Crippen molar-refractivity contribution in [2.24, 2.45) is 0 Å². The van der Waals surface area contributed by atoms with E-state index in [9.17, 15) is 0 Å². The molecule has 0 aromatic rings. The molecule has 2 nitrogen and oxygen atoms in total. The zero-order chi connectivity index (χ0) is 8.60. The van der Waals surface area contributed by atoms with Crippen molar-refractivity contribution in [1.29, 1.82) is 0 Å². The van der Waals surface area contributed by atoms with Crippen molar-refractivity contribution in [3.63, 3.8) is 0 Å². The first kappa shape index (κ1) is 9.19. The van der Waals surface area contributed by atoms with Crippen molar-refractivity contribution in [3.8, 4) is 0 Å². The Kier molecular flexibility index (Phi) is 2.61. The van der Waals surface area contributed by atoms with Gasteiger partial charge in [-0.1, -0.05) is 25.6 Å². The molecule has 2 aliphatic rings. The summed E-state index contributed by atoms with van der Waals surface area (Å²) in [5.74, 6) is 0.975. The summed E-state index contributed by atoms with van der Waals surface area (Å²) >= 11 is 3.77.